The molecule has 4 rings (SSSR count). The van der Waals surface area contributed by atoms with Crippen molar-refractivity contribution >= 4 is 29.0 Å². The lowest BCUT2D eigenvalue weighted by Crippen LogP contribution is -2.40. The Balaban J connectivity index is 1.84. The number of nitriles is 1. The summed E-state index contributed by atoms with van der Waals surface area (Å²) in [6.45, 7) is 0. The van der Waals surface area contributed by atoms with Crippen molar-refractivity contribution in [3.05, 3.63) is 76.0 Å². The molecule has 27 heavy (non-hydrogen) atoms. The largest absolute Gasteiger partial charge is 0.294 e. The van der Waals surface area contributed by atoms with Gasteiger partial charge in [-0.15, -0.1) is 0 Å². The Morgan fingerprint density at radius 3 is 2.56 bits per heavy atom. The standard InChI is InChI=1S/C22H17ClN2O2/c23-16-4-1-3-15(11-16)18-12-21(27)25(17-9-7-14(13-24)8-10-17)19-5-2-6-20(26)22(18)19/h1,3-4,7-11,18H,2,5-6,12H2. The van der Waals surface area contributed by atoms with E-state index in [0.717, 1.165) is 23.3 Å². The number of hydrogen-bond acceptors (Lipinski definition) is 3. The van der Waals surface area contributed by atoms with E-state index in [-0.39, 0.29) is 24.0 Å². The van der Waals surface area contributed by atoms with Gasteiger partial charge in [-0.25, -0.2) is 0 Å². The molecule has 2 aromatic rings. The van der Waals surface area contributed by atoms with Crippen LogP contribution in [0.2, 0.25) is 5.02 Å². The summed E-state index contributed by atoms with van der Waals surface area (Å²) in [5.41, 5.74) is 3.66. The molecule has 1 atom stereocenters. The highest BCUT2D eigenvalue weighted by Gasteiger charge is 2.39. The van der Waals surface area contributed by atoms with Crippen molar-refractivity contribution in [2.75, 3.05) is 4.90 Å². The SMILES string of the molecule is N#Cc1ccc(N2C(=O)CC(c3cccc(Cl)c3)C3=C2CCCC3=O)cc1. The number of hydrogen-bond donors (Lipinski definition) is 0. The smallest absolute Gasteiger partial charge is 0.232 e. The van der Waals surface area contributed by atoms with Crippen molar-refractivity contribution in [3.8, 4) is 6.07 Å². The van der Waals surface area contributed by atoms with E-state index in [1.165, 1.54) is 0 Å². The first-order valence-electron chi connectivity index (χ1n) is 8.93. The van der Waals surface area contributed by atoms with Crippen LogP contribution in [0, 0.1) is 11.3 Å². The molecular formula is C22H17ClN2O2. The minimum Gasteiger partial charge on any atom is -0.294 e. The summed E-state index contributed by atoms with van der Waals surface area (Å²) in [6.07, 6.45) is 2.15. The molecule has 4 nitrogen and oxygen atoms in total. The van der Waals surface area contributed by atoms with Gasteiger partial charge in [-0.05, 0) is 54.8 Å². The zero-order valence-corrected chi connectivity index (χ0v) is 15.4. The first-order chi connectivity index (χ1) is 13.1. The Kier molecular flexibility index (Phi) is 4.55. The average Bonchev–Trinajstić information content (AvgIpc) is 2.68. The van der Waals surface area contributed by atoms with Crippen LogP contribution in [0.3, 0.4) is 0 Å². The minimum atomic E-state index is -0.256. The topological polar surface area (TPSA) is 61.2 Å². The highest BCUT2D eigenvalue weighted by Crippen LogP contribution is 2.43. The monoisotopic (exact) mass is 376 g/mol. The molecular weight excluding hydrogens is 360 g/mol. The third-order valence-corrected chi connectivity index (χ3v) is 5.42. The second-order valence-corrected chi connectivity index (χ2v) is 7.27. The summed E-state index contributed by atoms with van der Waals surface area (Å²) in [5.74, 6) is -0.195. The Bertz CT molecular complexity index is 1000. The van der Waals surface area contributed by atoms with Gasteiger partial charge in [0.25, 0.3) is 0 Å². The summed E-state index contributed by atoms with van der Waals surface area (Å²) in [6, 6.07) is 16.4. The number of rotatable bonds is 2. The summed E-state index contributed by atoms with van der Waals surface area (Å²) in [5, 5.41) is 9.60. The highest BCUT2D eigenvalue weighted by atomic mass is 35.5. The fourth-order valence-electron chi connectivity index (χ4n) is 3.99. The number of carbonyl (C=O) groups is 2. The molecule has 0 saturated heterocycles. The number of halogens is 1. The highest BCUT2D eigenvalue weighted by molar-refractivity contribution is 6.30. The molecule has 1 aliphatic carbocycles. The van der Waals surface area contributed by atoms with Gasteiger partial charge in [-0.2, -0.15) is 5.26 Å². The fraction of sp³-hybridized carbons (Fsp3) is 0.227. The molecule has 1 unspecified atom stereocenters. The van der Waals surface area contributed by atoms with Crippen LogP contribution in [0.25, 0.3) is 0 Å². The van der Waals surface area contributed by atoms with E-state index in [4.69, 9.17) is 16.9 Å². The molecule has 1 amide bonds. The van der Waals surface area contributed by atoms with Crippen molar-refractivity contribution < 1.29 is 9.59 Å². The van der Waals surface area contributed by atoms with E-state index >= 15 is 0 Å². The maximum absolute atomic E-state index is 13.1. The molecule has 0 fully saturated rings. The fourth-order valence-corrected chi connectivity index (χ4v) is 4.18. The van der Waals surface area contributed by atoms with Gasteiger partial charge in [0.05, 0.1) is 11.6 Å². The molecule has 0 N–H and O–H groups in total. The maximum atomic E-state index is 13.1. The van der Waals surface area contributed by atoms with Crippen LogP contribution in [0.5, 0.6) is 0 Å². The van der Waals surface area contributed by atoms with Gasteiger partial charge < -0.3 is 0 Å². The Hall–Kier alpha value is -2.90. The van der Waals surface area contributed by atoms with E-state index in [9.17, 15) is 9.59 Å². The lowest BCUT2D eigenvalue weighted by molar-refractivity contribution is -0.119. The van der Waals surface area contributed by atoms with Crippen molar-refractivity contribution in [1.29, 1.82) is 5.26 Å². The van der Waals surface area contributed by atoms with Gasteiger partial charge in [0.2, 0.25) is 5.91 Å². The van der Waals surface area contributed by atoms with Crippen LogP contribution < -0.4 is 4.90 Å². The molecule has 5 heteroatoms. The number of benzene rings is 2. The van der Waals surface area contributed by atoms with E-state index in [1.807, 2.05) is 18.2 Å². The van der Waals surface area contributed by atoms with Crippen LogP contribution in [0.4, 0.5) is 5.69 Å². The molecule has 2 aromatic carbocycles. The van der Waals surface area contributed by atoms with Crippen molar-refractivity contribution in [1.82, 2.24) is 0 Å². The van der Waals surface area contributed by atoms with Gasteiger partial charge in [0.1, 0.15) is 0 Å². The van der Waals surface area contributed by atoms with Crippen LogP contribution in [-0.2, 0) is 9.59 Å². The van der Waals surface area contributed by atoms with Crippen molar-refractivity contribution in [3.63, 3.8) is 0 Å². The lowest BCUT2D eigenvalue weighted by Gasteiger charge is -2.38. The Morgan fingerprint density at radius 2 is 1.85 bits per heavy atom. The second kappa shape index (κ2) is 7.02. The molecule has 0 radical (unpaired) electrons. The number of ketones is 1. The quantitative estimate of drug-likeness (QED) is 0.760. The molecule has 1 aliphatic heterocycles. The summed E-state index contributed by atoms with van der Waals surface area (Å²) in [4.78, 5) is 27.5. The first kappa shape index (κ1) is 17.5. The van der Waals surface area contributed by atoms with Gasteiger partial charge in [-0.3, -0.25) is 14.5 Å². The average molecular weight is 377 g/mol. The van der Waals surface area contributed by atoms with E-state index < -0.39 is 0 Å². The van der Waals surface area contributed by atoms with Gasteiger partial charge in [-0.1, -0.05) is 23.7 Å². The number of allylic oxidation sites excluding steroid dienone is 2. The molecule has 0 bridgehead atoms. The number of nitrogens with zero attached hydrogens (tertiary/aromatic N) is 2. The molecule has 0 spiro atoms. The number of carbonyl (C=O) groups excluding carboxylic acids is 2. The molecule has 0 aromatic heterocycles. The third-order valence-electron chi connectivity index (χ3n) is 5.18. The summed E-state index contributed by atoms with van der Waals surface area (Å²) >= 11 is 6.14. The first-order valence-corrected chi connectivity index (χ1v) is 9.31. The third kappa shape index (κ3) is 3.15. The Labute approximate surface area is 162 Å². The van der Waals surface area contributed by atoms with Crippen LogP contribution >= 0.6 is 11.6 Å². The van der Waals surface area contributed by atoms with E-state index in [2.05, 4.69) is 6.07 Å². The van der Waals surface area contributed by atoms with E-state index in [1.54, 1.807) is 35.2 Å². The van der Waals surface area contributed by atoms with Gasteiger partial charge in [0.15, 0.2) is 5.78 Å². The number of anilines is 1. The molecule has 1 heterocycles. The number of amides is 1. The maximum Gasteiger partial charge on any atom is 0.232 e. The summed E-state index contributed by atoms with van der Waals surface area (Å²) < 4.78 is 0. The van der Waals surface area contributed by atoms with Gasteiger partial charge >= 0.3 is 0 Å². The zero-order valence-electron chi connectivity index (χ0n) is 14.6. The van der Waals surface area contributed by atoms with E-state index in [0.29, 0.717) is 29.1 Å². The van der Waals surface area contributed by atoms with Crippen LogP contribution in [-0.4, -0.2) is 11.7 Å². The molecule has 2 aliphatic rings. The van der Waals surface area contributed by atoms with Crippen molar-refractivity contribution in [2.45, 2.75) is 31.6 Å². The second-order valence-electron chi connectivity index (χ2n) is 6.84. The minimum absolute atomic E-state index is 0.0434. The van der Waals surface area contributed by atoms with Crippen molar-refractivity contribution in [2.24, 2.45) is 0 Å². The summed E-state index contributed by atoms with van der Waals surface area (Å²) in [7, 11) is 0. The molecule has 0 saturated carbocycles. The predicted octanol–water partition coefficient (Wildman–Crippen LogP) is 4.74. The zero-order chi connectivity index (χ0) is 19.0. The van der Waals surface area contributed by atoms with Crippen LogP contribution in [0.15, 0.2) is 59.8 Å². The molecule has 134 valence electrons. The normalized spacial score (nSPS) is 19.7. The Morgan fingerprint density at radius 1 is 1.07 bits per heavy atom. The lowest BCUT2D eigenvalue weighted by atomic mass is 9.77. The van der Waals surface area contributed by atoms with Crippen LogP contribution in [0.1, 0.15) is 42.7 Å². The van der Waals surface area contributed by atoms with Gasteiger partial charge in [0, 0.05) is 40.7 Å². The number of Topliss-reactive ketones (excluding diaryl/α,β-unsaturated/α-hetero) is 1. The predicted molar refractivity (Wildman–Crippen MR) is 103 cm³/mol.